The summed E-state index contributed by atoms with van der Waals surface area (Å²) in [5.41, 5.74) is 1.77. The number of likely N-dealkylation sites (tertiary alicyclic amines) is 1. The largest absolute Gasteiger partial charge is 0.345 e. The molecule has 1 aromatic heterocycles. The minimum Gasteiger partial charge on any atom is -0.345 e. The third-order valence-electron chi connectivity index (χ3n) is 3.33. The molecule has 0 bridgehead atoms. The number of rotatable bonds is 1. The Labute approximate surface area is 154 Å². The van der Waals surface area contributed by atoms with Gasteiger partial charge >= 0.3 is 0 Å². The Bertz CT molecular complexity index is 579. The van der Waals surface area contributed by atoms with Crippen molar-refractivity contribution in [1.82, 2.24) is 14.9 Å². The molecule has 1 aliphatic rings. The minimum absolute atomic E-state index is 0.104. The Balaban J connectivity index is 0. The molecule has 2 aromatic rings. The van der Waals surface area contributed by atoms with Crippen LogP contribution in [0.25, 0.3) is 10.9 Å². The van der Waals surface area contributed by atoms with E-state index in [2.05, 4.69) is 9.97 Å². The van der Waals surface area contributed by atoms with E-state index >= 15 is 0 Å². The zero-order chi connectivity index (χ0) is 19.8. The van der Waals surface area contributed by atoms with Crippen LogP contribution < -0.4 is 0 Å². The number of aromatic nitrogens is 2. The predicted octanol–water partition coefficient (Wildman–Crippen LogP) is 5.68. The van der Waals surface area contributed by atoms with Gasteiger partial charge < -0.3 is 4.90 Å². The van der Waals surface area contributed by atoms with Crippen LogP contribution in [0, 0.1) is 0 Å². The molecule has 1 atom stereocenters. The van der Waals surface area contributed by atoms with Gasteiger partial charge in [-0.3, -0.25) is 4.79 Å². The number of benzene rings is 1. The van der Waals surface area contributed by atoms with E-state index in [9.17, 15) is 4.79 Å². The zero-order valence-electron chi connectivity index (χ0n) is 17.6. The molecule has 0 N–H and O–H groups in total. The number of para-hydroxylation sites is 1. The van der Waals surface area contributed by atoms with Crippen molar-refractivity contribution in [1.29, 1.82) is 0 Å². The molecule has 1 saturated heterocycles. The van der Waals surface area contributed by atoms with Crippen LogP contribution in [0.4, 0.5) is 0 Å². The monoisotopic (exact) mass is 347 g/mol. The summed E-state index contributed by atoms with van der Waals surface area (Å²) in [7, 11) is 1.84. The summed E-state index contributed by atoms with van der Waals surface area (Å²) in [6, 6.07) is 7.83. The van der Waals surface area contributed by atoms with Crippen LogP contribution in [0.15, 0.2) is 30.6 Å². The molecule has 1 unspecified atom stereocenters. The Morgan fingerprint density at radius 1 is 0.920 bits per heavy atom. The highest BCUT2D eigenvalue weighted by molar-refractivity contribution is 5.91. The molecular weight excluding hydrogens is 310 g/mol. The average Bonchev–Trinajstić information content (AvgIpc) is 3.06. The summed E-state index contributed by atoms with van der Waals surface area (Å²) in [4.78, 5) is 22.3. The molecular formula is C21H37N3O. The van der Waals surface area contributed by atoms with E-state index in [0.717, 1.165) is 29.6 Å². The number of hydrogen-bond acceptors (Lipinski definition) is 3. The smallest absolute Gasteiger partial charge is 0.231 e. The van der Waals surface area contributed by atoms with E-state index in [1.165, 1.54) is 0 Å². The van der Waals surface area contributed by atoms with Gasteiger partial charge in [0.2, 0.25) is 5.91 Å². The Hall–Kier alpha value is -1.97. The maximum Gasteiger partial charge on any atom is 0.231 e. The van der Waals surface area contributed by atoms with Crippen molar-refractivity contribution >= 4 is 16.8 Å². The van der Waals surface area contributed by atoms with Crippen molar-refractivity contribution in [2.45, 2.75) is 67.7 Å². The van der Waals surface area contributed by atoms with Crippen LogP contribution in [0.3, 0.4) is 0 Å². The first-order valence-electron chi connectivity index (χ1n) is 9.72. The lowest BCUT2D eigenvalue weighted by Crippen LogP contribution is -2.22. The molecule has 0 aliphatic carbocycles. The average molecular weight is 348 g/mol. The fourth-order valence-corrected chi connectivity index (χ4v) is 2.38. The fourth-order valence-electron chi connectivity index (χ4n) is 2.38. The second-order valence-electron chi connectivity index (χ2n) is 4.38. The molecule has 1 amide bonds. The standard InChI is InChI=1S/C13H13N3O.4C2H6/c1-16-7-6-10(13(16)17)12-9-4-2-3-5-11(9)14-8-15-12;4*1-2/h2-5,8,10H,6-7H2,1H3;4*1-2H3. The van der Waals surface area contributed by atoms with Gasteiger partial charge in [0.1, 0.15) is 6.33 Å². The summed E-state index contributed by atoms with van der Waals surface area (Å²) in [6.45, 7) is 16.8. The van der Waals surface area contributed by atoms with E-state index < -0.39 is 0 Å². The van der Waals surface area contributed by atoms with Gasteiger partial charge in [0.15, 0.2) is 0 Å². The topological polar surface area (TPSA) is 46.1 Å². The zero-order valence-corrected chi connectivity index (χ0v) is 17.6. The molecule has 0 radical (unpaired) electrons. The summed E-state index contributed by atoms with van der Waals surface area (Å²) < 4.78 is 0. The maximum atomic E-state index is 12.0. The van der Waals surface area contributed by atoms with Crippen LogP contribution in [0.2, 0.25) is 0 Å². The second kappa shape index (κ2) is 15.6. The molecule has 0 saturated carbocycles. The number of fused-ring (bicyclic) bond motifs is 1. The van der Waals surface area contributed by atoms with Crippen molar-refractivity contribution in [3.63, 3.8) is 0 Å². The van der Waals surface area contributed by atoms with Crippen molar-refractivity contribution in [2.24, 2.45) is 0 Å². The normalized spacial score (nSPS) is 14.7. The number of likely N-dealkylation sites (N-methyl/N-ethyl adjacent to an activating group) is 1. The first kappa shape index (κ1) is 25.3. The lowest BCUT2D eigenvalue weighted by Gasteiger charge is -2.11. The highest BCUT2D eigenvalue weighted by Crippen LogP contribution is 2.30. The Morgan fingerprint density at radius 2 is 1.48 bits per heavy atom. The van der Waals surface area contributed by atoms with Gasteiger partial charge in [-0.05, 0) is 12.5 Å². The van der Waals surface area contributed by atoms with E-state index in [1.807, 2.05) is 86.7 Å². The van der Waals surface area contributed by atoms with E-state index in [4.69, 9.17) is 0 Å². The number of carbonyl (C=O) groups is 1. The number of nitrogens with zero attached hydrogens (tertiary/aromatic N) is 3. The van der Waals surface area contributed by atoms with Gasteiger partial charge in [-0.15, -0.1) is 0 Å². The van der Waals surface area contributed by atoms with Crippen LogP contribution >= 0.6 is 0 Å². The van der Waals surface area contributed by atoms with Crippen molar-refractivity contribution < 1.29 is 4.79 Å². The predicted molar refractivity (Wildman–Crippen MR) is 110 cm³/mol. The Morgan fingerprint density at radius 3 is 2.00 bits per heavy atom. The van der Waals surface area contributed by atoms with Gasteiger partial charge in [0, 0.05) is 19.0 Å². The van der Waals surface area contributed by atoms with Gasteiger partial charge in [-0.25, -0.2) is 9.97 Å². The van der Waals surface area contributed by atoms with Gasteiger partial charge in [0.25, 0.3) is 0 Å². The number of carbonyl (C=O) groups excluding carboxylic acids is 1. The van der Waals surface area contributed by atoms with Gasteiger partial charge in [0.05, 0.1) is 17.1 Å². The quantitative estimate of drug-likeness (QED) is 0.666. The molecule has 1 aliphatic heterocycles. The highest BCUT2D eigenvalue weighted by Gasteiger charge is 2.32. The first-order chi connectivity index (χ1) is 12.3. The third-order valence-corrected chi connectivity index (χ3v) is 3.33. The van der Waals surface area contributed by atoms with Crippen molar-refractivity contribution in [2.75, 3.05) is 13.6 Å². The van der Waals surface area contributed by atoms with Gasteiger partial charge in [-0.2, -0.15) is 0 Å². The van der Waals surface area contributed by atoms with Gasteiger partial charge in [-0.1, -0.05) is 73.6 Å². The maximum absolute atomic E-state index is 12.0. The van der Waals surface area contributed by atoms with Crippen LogP contribution in [-0.2, 0) is 4.79 Å². The third kappa shape index (κ3) is 6.81. The minimum atomic E-state index is -0.104. The molecule has 2 heterocycles. The summed E-state index contributed by atoms with van der Waals surface area (Å²) in [5, 5.41) is 0.989. The lowest BCUT2D eigenvalue weighted by atomic mass is 9.99. The van der Waals surface area contributed by atoms with E-state index in [-0.39, 0.29) is 11.8 Å². The molecule has 4 nitrogen and oxygen atoms in total. The highest BCUT2D eigenvalue weighted by atomic mass is 16.2. The fraction of sp³-hybridized carbons (Fsp3) is 0.571. The molecule has 0 spiro atoms. The summed E-state index contributed by atoms with van der Waals surface area (Å²) >= 11 is 0. The number of amides is 1. The first-order valence-corrected chi connectivity index (χ1v) is 9.72. The molecule has 3 rings (SSSR count). The number of hydrogen-bond donors (Lipinski definition) is 0. The molecule has 25 heavy (non-hydrogen) atoms. The molecule has 1 fully saturated rings. The van der Waals surface area contributed by atoms with Crippen LogP contribution in [-0.4, -0.2) is 34.4 Å². The molecule has 142 valence electrons. The van der Waals surface area contributed by atoms with Crippen LogP contribution in [0.5, 0.6) is 0 Å². The van der Waals surface area contributed by atoms with Crippen molar-refractivity contribution in [3.05, 3.63) is 36.3 Å². The summed E-state index contributed by atoms with van der Waals surface area (Å²) in [5.74, 6) is 0.0572. The summed E-state index contributed by atoms with van der Waals surface area (Å²) in [6.07, 6.45) is 2.39. The van der Waals surface area contributed by atoms with Crippen molar-refractivity contribution in [3.8, 4) is 0 Å². The van der Waals surface area contributed by atoms with Crippen LogP contribution in [0.1, 0.15) is 73.4 Å². The van der Waals surface area contributed by atoms with E-state index in [0.29, 0.717) is 0 Å². The SMILES string of the molecule is CC.CC.CC.CC.CN1CCC(c2ncnc3ccccc23)C1=O. The Kier molecular flexibility index (Phi) is 15.7. The van der Waals surface area contributed by atoms with E-state index in [1.54, 1.807) is 11.2 Å². The molecule has 1 aromatic carbocycles. The second-order valence-corrected chi connectivity index (χ2v) is 4.38. The molecule has 4 heteroatoms. The lowest BCUT2D eigenvalue weighted by molar-refractivity contribution is -0.127.